The van der Waals surface area contributed by atoms with Crippen molar-refractivity contribution < 1.29 is 4.74 Å². The molecular formula is C19H19ClN4O. The Morgan fingerprint density at radius 1 is 1.12 bits per heavy atom. The van der Waals surface area contributed by atoms with E-state index in [1.54, 1.807) is 13.3 Å². The molecule has 6 heteroatoms. The summed E-state index contributed by atoms with van der Waals surface area (Å²) in [5, 5.41) is 7.22. The Labute approximate surface area is 152 Å². The minimum atomic E-state index is 0.544. The molecule has 0 bridgehead atoms. The summed E-state index contributed by atoms with van der Waals surface area (Å²) in [5.74, 6) is 2.09. The standard InChI is InChI=1S/C19H19ClN4O/c1-13-11-15(20)7-8-16(13)23-18-9-10-21-19(24-18)22-12-14-5-3-4-6-17(14)25-2/h3-11H,12H2,1-2H3,(H2,21,22,23,24). The van der Waals surface area contributed by atoms with Crippen LogP contribution in [0.25, 0.3) is 0 Å². The maximum Gasteiger partial charge on any atom is 0.224 e. The molecule has 0 radical (unpaired) electrons. The molecule has 0 amide bonds. The van der Waals surface area contributed by atoms with E-state index in [0.29, 0.717) is 23.3 Å². The van der Waals surface area contributed by atoms with Crippen molar-refractivity contribution in [1.82, 2.24) is 9.97 Å². The largest absolute Gasteiger partial charge is 0.496 e. The molecule has 25 heavy (non-hydrogen) atoms. The summed E-state index contributed by atoms with van der Waals surface area (Å²) in [6.07, 6.45) is 1.71. The van der Waals surface area contributed by atoms with E-state index >= 15 is 0 Å². The lowest BCUT2D eigenvalue weighted by molar-refractivity contribution is 0.410. The van der Waals surface area contributed by atoms with E-state index in [2.05, 4.69) is 20.6 Å². The topological polar surface area (TPSA) is 59.1 Å². The predicted octanol–water partition coefficient (Wildman–Crippen LogP) is 4.80. The number of nitrogens with zero attached hydrogens (tertiary/aromatic N) is 2. The monoisotopic (exact) mass is 354 g/mol. The van der Waals surface area contributed by atoms with Gasteiger partial charge in [-0.1, -0.05) is 29.8 Å². The van der Waals surface area contributed by atoms with Gasteiger partial charge in [0.25, 0.3) is 0 Å². The molecular weight excluding hydrogens is 336 g/mol. The van der Waals surface area contributed by atoms with Crippen molar-refractivity contribution in [3.63, 3.8) is 0 Å². The van der Waals surface area contributed by atoms with Crippen molar-refractivity contribution in [3.8, 4) is 5.75 Å². The first-order valence-corrected chi connectivity index (χ1v) is 8.25. The third-order valence-corrected chi connectivity index (χ3v) is 3.97. The summed E-state index contributed by atoms with van der Waals surface area (Å²) in [5.41, 5.74) is 3.05. The molecule has 3 rings (SSSR count). The molecule has 0 aliphatic heterocycles. The maximum absolute atomic E-state index is 6.00. The van der Waals surface area contributed by atoms with Crippen LogP contribution in [0, 0.1) is 6.92 Å². The van der Waals surface area contributed by atoms with Gasteiger partial charge in [0, 0.05) is 29.0 Å². The van der Waals surface area contributed by atoms with Gasteiger partial charge < -0.3 is 15.4 Å². The first kappa shape index (κ1) is 17.0. The molecule has 0 atom stereocenters. The van der Waals surface area contributed by atoms with E-state index in [4.69, 9.17) is 16.3 Å². The quantitative estimate of drug-likeness (QED) is 0.665. The molecule has 5 nitrogen and oxygen atoms in total. The average Bonchev–Trinajstić information content (AvgIpc) is 2.63. The highest BCUT2D eigenvalue weighted by Crippen LogP contribution is 2.23. The minimum absolute atomic E-state index is 0.544. The number of para-hydroxylation sites is 1. The molecule has 1 aromatic heterocycles. The Bertz CT molecular complexity index is 870. The van der Waals surface area contributed by atoms with Crippen LogP contribution in [0.1, 0.15) is 11.1 Å². The van der Waals surface area contributed by atoms with Crippen LogP contribution in [0.2, 0.25) is 5.02 Å². The Morgan fingerprint density at radius 2 is 1.96 bits per heavy atom. The molecule has 0 saturated carbocycles. The highest BCUT2D eigenvalue weighted by molar-refractivity contribution is 6.30. The molecule has 3 aromatic rings. The maximum atomic E-state index is 6.00. The van der Waals surface area contributed by atoms with Gasteiger partial charge in [-0.3, -0.25) is 0 Å². The van der Waals surface area contributed by atoms with Gasteiger partial charge in [0.15, 0.2) is 0 Å². The molecule has 0 saturated heterocycles. The van der Waals surface area contributed by atoms with E-state index in [9.17, 15) is 0 Å². The Morgan fingerprint density at radius 3 is 2.76 bits per heavy atom. The predicted molar refractivity (Wildman–Crippen MR) is 102 cm³/mol. The molecule has 0 unspecified atom stereocenters. The fourth-order valence-electron chi connectivity index (χ4n) is 2.44. The Balaban J connectivity index is 1.71. The second-order valence-electron chi connectivity index (χ2n) is 5.52. The number of nitrogens with one attached hydrogen (secondary N) is 2. The fourth-order valence-corrected chi connectivity index (χ4v) is 2.67. The number of hydrogen-bond acceptors (Lipinski definition) is 5. The van der Waals surface area contributed by atoms with E-state index in [-0.39, 0.29) is 0 Å². The zero-order chi connectivity index (χ0) is 17.6. The van der Waals surface area contributed by atoms with Crippen LogP contribution in [0.3, 0.4) is 0 Å². The summed E-state index contributed by atoms with van der Waals surface area (Å²) in [6, 6.07) is 15.4. The SMILES string of the molecule is COc1ccccc1CNc1nccc(Nc2ccc(Cl)cc2C)n1. The molecule has 2 aromatic carbocycles. The van der Waals surface area contributed by atoms with Crippen LogP contribution >= 0.6 is 11.6 Å². The number of aromatic nitrogens is 2. The smallest absolute Gasteiger partial charge is 0.224 e. The highest BCUT2D eigenvalue weighted by Gasteiger charge is 2.05. The van der Waals surface area contributed by atoms with Crippen LogP contribution in [-0.4, -0.2) is 17.1 Å². The molecule has 0 spiro atoms. The number of rotatable bonds is 6. The van der Waals surface area contributed by atoms with Gasteiger partial charge >= 0.3 is 0 Å². The van der Waals surface area contributed by atoms with E-state index in [1.807, 2.05) is 55.5 Å². The van der Waals surface area contributed by atoms with Gasteiger partial charge in [-0.15, -0.1) is 0 Å². The van der Waals surface area contributed by atoms with Gasteiger partial charge in [-0.05, 0) is 42.8 Å². The third-order valence-electron chi connectivity index (χ3n) is 3.74. The average molecular weight is 355 g/mol. The van der Waals surface area contributed by atoms with Crippen LogP contribution in [0.5, 0.6) is 5.75 Å². The second kappa shape index (κ2) is 7.85. The van der Waals surface area contributed by atoms with Gasteiger partial charge in [-0.2, -0.15) is 4.98 Å². The summed E-state index contributed by atoms with van der Waals surface area (Å²) in [7, 11) is 1.66. The van der Waals surface area contributed by atoms with Crippen LogP contribution in [0.15, 0.2) is 54.7 Å². The normalized spacial score (nSPS) is 10.4. The second-order valence-corrected chi connectivity index (χ2v) is 5.95. The van der Waals surface area contributed by atoms with Crippen LogP contribution in [0.4, 0.5) is 17.5 Å². The molecule has 0 aliphatic carbocycles. The van der Waals surface area contributed by atoms with Crippen LogP contribution < -0.4 is 15.4 Å². The van der Waals surface area contributed by atoms with Crippen molar-refractivity contribution in [3.05, 3.63) is 70.9 Å². The zero-order valence-corrected chi connectivity index (χ0v) is 14.8. The van der Waals surface area contributed by atoms with Crippen LogP contribution in [-0.2, 0) is 6.54 Å². The lowest BCUT2D eigenvalue weighted by atomic mass is 10.2. The lowest BCUT2D eigenvalue weighted by Crippen LogP contribution is -2.06. The van der Waals surface area contributed by atoms with Gasteiger partial charge in [0.05, 0.1) is 7.11 Å². The lowest BCUT2D eigenvalue weighted by Gasteiger charge is -2.12. The fraction of sp³-hybridized carbons (Fsp3) is 0.158. The summed E-state index contributed by atoms with van der Waals surface area (Å²) < 4.78 is 5.36. The van der Waals surface area contributed by atoms with E-state index in [1.165, 1.54) is 0 Å². The molecule has 0 aliphatic rings. The first-order chi connectivity index (χ1) is 12.2. The first-order valence-electron chi connectivity index (χ1n) is 7.87. The van der Waals surface area contributed by atoms with Gasteiger partial charge in [0.1, 0.15) is 11.6 Å². The highest BCUT2D eigenvalue weighted by atomic mass is 35.5. The van der Waals surface area contributed by atoms with Crippen molar-refractivity contribution in [1.29, 1.82) is 0 Å². The minimum Gasteiger partial charge on any atom is -0.496 e. The summed E-state index contributed by atoms with van der Waals surface area (Å²) in [6.45, 7) is 2.57. The number of ether oxygens (including phenoxy) is 1. The number of hydrogen-bond donors (Lipinski definition) is 2. The molecule has 0 fully saturated rings. The van der Waals surface area contributed by atoms with Crippen molar-refractivity contribution in [2.75, 3.05) is 17.7 Å². The summed E-state index contributed by atoms with van der Waals surface area (Å²) >= 11 is 6.00. The van der Waals surface area contributed by atoms with Crippen molar-refractivity contribution >= 4 is 29.1 Å². The molecule has 1 heterocycles. The Kier molecular flexibility index (Phi) is 5.36. The number of halogens is 1. The Hall–Kier alpha value is -2.79. The van der Waals surface area contributed by atoms with Crippen molar-refractivity contribution in [2.24, 2.45) is 0 Å². The van der Waals surface area contributed by atoms with Gasteiger partial charge in [0.2, 0.25) is 5.95 Å². The van der Waals surface area contributed by atoms with Gasteiger partial charge in [-0.25, -0.2) is 4.98 Å². The third kappa shape index (κ3) is 4.39. The summed E-state index contributed by atoms with van der Waals surface area (Å²) in [4.78, 5) is 8.76. The van der Waals surface area contributed by atoms with Crippen molar-refractivity contribution in [2.45, 2.75) is 13.5 Å². The van der Waals surface area contributed by atoms with E-state index < -0.39 is 0 Å². The number of anilines is 3. The number of benzene rings is 2. The number of aryl methyl sites for hydroxylation is 1. The number of methoxy groups -OCH3 is 1. The zero-order valence-electron chi connectivity index (χ0n) is 14.1. The molecule has 2 N–H and O–H groups in total. The van der Waals surface area contributed by atoms with E-state index in [0.717, 1.165) is 22.6 Å². The molecule has 128 valence electrons.